The predicted octanol–water partition coefficient (Wildman–Crippen LogP) is 2.70. The van der Waals surface area contributed by atoms with Gasteiger partial charge in [0.15, 0.2) is 9.84 Å². The van der Waals surface area contributed by atoms with Crippen LogP contribution in [0.3, 0.4) is 0 Å². The van der Waals surface area contributed by atoms with Crippen LogP contribution in [0.2, 0.25) is 0 Å². The number of hydrogen-bond acceptors (Lipinski definition) is 4. The van der Waals surface area contributed by atoms with Crippen LogP contribution in [0.15, 0.2) is 29.2 Å². The molecule has 0 bridgehead atoms. The van der Waals surface area contributed by atoms with E-state index < -0.39 is 9.84 Å². The third-order valence-corrected chi connectivity index (χ3v) is 4.99. The summed E-state index contributed by atoms with van der Waals surface area (Å²) in [5.74, 6) is 0.573. The summed E-state index contributed by atoms with van der Waals surface area (Å²) in [7, 11) is -3.35. The normalized spacial score (nSPS) is 12.1. The van der Waals surface area contributed by atoms with E-state index in [1.54, 1.807) is 18.2 Å². The Hall–Kier alpha value is -1.38. The Bertz CT molecular complexity index is 601. The van der Waals surface area contributed by atoms with E-state index in [0.29, 0.717) is 24.1 Å². The van der Waals surface area contributed by atoms with Gasteiger partial charge in [-0.2, -0.15) is 5.26 Å². The van der Waals surface area contributed by atoms with Crippen molar-refractivity contribution in [2.75, 3.05) is 18.8 Å². The molecule has 0 N–H and O–H groups in total. The fourth-order valence-electron chi connectivity index (χ4n) is 2.14. The molecule has 0 amide bonds. The van der Waals surface area contributed by atoms with E-state index in [-0.39, 0.29) is 10.6 Å². The van der Waals surface area contributed by atoms with Crippen LogP contribution >= 0.6 is 0 Å². The molecule has 0 radical (unpaired) electrons. The molecule has 1 rings (SSSR count). The zero-order valence-corrected chi connectivity index (χ0v) is 14.0. The van der Waals surface area contributed by atoms with Gasteiger partial charge in [-0.3, -0.25) is 4.90 Å². The van der Waals surface area contributed by atoms with Crippen LogP contribution in [0, 0.1) is 17.2 Å². The van der Waals surface area contributed by atoms with Gasteiger partial charge >= 0.3 is 0 Å². The first-order chi connectivity index (χ1) is 9.76. The third-order valence-electron chi connectivity index (χ3n) is 3.30. The Morgan fingerprint density at radius 3 is 2.43 bits per heavy atom. The lowest BCUT2D eigenvalue weighted by Crippen LogP contribution is -2.37. The first-order valence-electron chi connectivity index (χ1n) is 7.23. The molecule has 4 nitrogen and oxygen atoms in total. The summed E-state index contributed by atoms with van der Waals surface area (Å²) in [4.78, 5) is 2.41. The highest BCUT2D eigenvalue weighted by Crippen LogP contribution is 2.14. The average Bonchev–Trinajstić information content (AvgIpc) is 2.43. The van der Waals surface area contributed by atoms with Crippen LogP contribution < -0.4 is 0 Å². The average molecular weight is 308 g/mol. The zero-order valence-electron chi connectivity index (χ0n) is 13.2. The second-order valence-electron chi connectivity index (χ2n) is 5.94. The molecule has 5 heteroatoms. The molecule has 0 aliphatic rings. The van der Waals surface area contributed by atoms with Gasteiger partial charge in [0.1, 0.15) is 0 Å². The molecule has 0 aromatic heterocycles. The molecule has 1 aromatic carbocycles. The lowest BCUT2D eigenvalue weighted by molar-refractivity contribution is 0.209. The Morgan fingerprint density at radius 2 is 1.90 bits per heavy atom. The van der Waals surface area contributed by atoms with Crippen LogP contribution in [0.1, 0.15) is 33.3 Å². The quantitative estimate of drug-likeness (QED) is 0.777. The summed E-state index contributed by atoms with van der Waals surface area (Å²) in [6, 6.07) is 8.50. The molecule has 0 atom stereocenters. The first-order valence-corrected chi connectivity index (χ1v) is 8.88. The van der Waals surface area contributed by atoms with E-state index in [2.05, 4.69) is 32.6 Å². The standard InChI is InChI=1S/C16H24N2O2S/c1-13(2)12-18(14(3)4)8-9-21(19,20)16-7-5-6-15(10-16)11-17/h5-7,10,13-14H,8-9,12H2,1-4H3. The maximum absolute atomic E-state index is 12.4. The van der Waals surface area contributed by atoms with E-state index in [0.717, 1.165) is 6.54 Å². The van der Waals surface area contributed by atoms with Crippen molar-refractivity contribution in [3.05, 3.63) is 29.8 Å². The molecule has 0 saturated heterocycles. The molecule has 0 aliphatic carbocycles. The van der Waals surface area contributed by atoms with Crippen molar-refractivity contribution >= 4 is 9.84 Å². The van der Waals surface area contributed by atoms with Crippen molar-refractivity contribution in [1.82, 2.24) is 4.90 Å². The third kappa shape index (κ3) is 5.49. The van der Waals surface area contributed by atoms with Gasteiger partial charge in [0, 0.05) is 19.1 Å². The maximum Gasteiger partial charge on any atom is 0.179 e. The Kier molecular flexibility index (Phi) is 6.38. The van der Waals surface area contributed by atoms with E-state index in [9.17, 15) is 8.42 Å². The topological polar surface area (TPSA) is 61.2 Å². The highest BCUT2D eigenvalue weighted by Gasteiger charge is 2.19. The molecule has 1 aromatic rings. The van der Waals surface area contributed by atoms with Gasteiger partial charge in [0.05, 0.1) is 22.3 Å². The monoisotopic (exact) mass is 308 g/mol. The maximum atomic E-state index is 12.4. The molecule has 0 aliphatic heterocycles. The zero-order chi connectivity index (χ0) is 16.0. The van der Waals surface area contributed by atoms with Crippen LogP contribution in [-0.4, -0.2) is 38.2 Å². The van der Waals surface area contributed by atoms with E-state index in [1.807, 2.05) is 6.07 Å². The minimum atomic E-state index is -3.35. The molecule has 0 heterocycles. The Balaban J connectivity index is 2.82. The van der Waals surface area contributed by atoms with Gasteiger partial charge < -0.3 is 0 Å². The second-order valence-corrected chi connectivity index (χ2v) is 8.05. The lowest BCUT2D eigenvalue weighted by atomic mass is 10.2. The molecule has 116 valence electrons. The summed E-state index contributed by atoms with van der Waals surface area (Å²) in [5.41, 5.74) is 0.374. The Morgan fingerprint density at radius 1 is 1.24 bits per heavy atom. The number of hydrogen-bond donors (Lipinski definition) is 0. The number of benzene rings is 1. The lowest BCUT2D eigenvalue weighted by Gasteiger charge is -2.28. The summed E-state index contributed by atoms with van der Waals surface area (Å²) < 4.78 is 24.8. The van der Waals surface area contributed by atoms with Crippen LogP contribution in [0.25, 0.3) is 0 Å². The fraction of sp³-hybridized carbons (Fsp3) is 0.562. The van der Waals surface area contributed by atoms with Gasteiger partial charge in [0.2, 0.25) is 0 Å². The smallest absolute Gasteiger partial charge is 0.179 e. The summed E-state index contributed by atoms with van der Waals surface area (Å²) in [5, 5.41) is 8.86. The summed E-state index contributed by atoms with van der Waals surface area (Å²) in [6.45, 7) is 9.79. The number of sulfone groups is 1. The highest BCUT2D eigenvalue weighted by atomic mass is 32.2. The molecule has 0 saturated carbocycles. The van der Waals surface area contributed by atoms with Crippen molar-refractivity contribution in [3.8, 4) is 6.07 Å². The van der Waals surface area contributed by atoms with Crippen molar-refractivity contribution in [1.29, 1.82) is 5.26 Å². The van der Waals surface area contributed by atoms with Crippen LogP contribution in [0.4, 0.5) is 0 Å². The van der Waals surface area contributed by atoms with Crippen molar-refractivity contribution in [3.63, 3.8) is 0 Å². The molecule has 21 heavy (non-hydrogen) atoms. The fourth-order valence-corrected chi connectivity index (χ4v) is 3.45. The number of rotatable bonds is 7. The molecule has 0 fully saturated rings. The summed E-state index contributed by atoms with van der Waals surface area (Å²) in [6.07, 6.45) is 0. The minimum Gasteiger partial charge on any atom is -0.300 e. The SMILES string of the molecule is CC(C)CN(CCS(=O)(=O)c1cccc(C#N)c1)C(C)C. The Labute approximate surface area is 128 Å². The van der Waals surface area contributed by atoms with Crippen molar-refractivity contribution in [2.45, 2.75) is 38.6 Å². The van der Waals surface area contributed by atoms with Crippen LogP contribution in [0.5, 0.6) is 0 Å². The number of nitriles is 1. The van der Waals surface area contributed by atoms with E-state index in [1.165, 1.54) is 6.07 Å². The van der Waals surface area contributed by atoms with Crippen molar-refractivity contribution in [2.24, 2.45) is 5.92 Å². The molecular formula is C16H24N2O2S. The largest absolute Gasteiger partial charge is 0.300 e. The van der Waals surface area contributed by atoms with Gasteiger partial charge in [-0.1, -0.05) is 19.9 Å². The van der Waals surface area contributed by atoms with Crippen molar-refractivity contribution < 1.29 is 8.42 Å². The predicted molar refractivity (Wildman–Crippen MR) is 84.8 cm³/mol. The molecular weight excluding hydrogens is 284 g/mol. The molecule has 0 unspecified atom stereocenters. The highest BCUT2D eigenvalue weighted by molar-refractivity contribution is 7.91. The van der Waals surface area contributed by atoms with Gasteiger partial charge in [-0.25, -0.2) is 8.42 Å². The van der Waals surface area contributed by atoms with Gasteiger partial charge in [0.25, 0.3) is 0 Å². The second kappa shape index (κ2) is 7.58. The summed E-state index contributed by atoms with van der Waals surface area (Å²) >= 11 is 0. The minimum absolute atomic E-state index is 0.0762. The van der Waals surface area contributed by atoms with E-state index >= 15 is 0 Å². The van der Waals surface area contributed by atoms with Crippen LogP contribution in [-0.2, 0) is 9.84 Å². The van der Waals surface area contributed by atoms with Gasteiger partial charge in [-0.05, 0) is 38.0 Å². The van der Waals surface area contributed by atoms with Gasteiger partial charge in [-0.15, -0.1) is 0 Å². The van der Waals surface area contributed by atoms with E-state index in [4.69, 9.17) is 5.26 Å². The first kappa shape index (κ1) is 17.7. The number of nitrogens with zero attached hydrogens (tertiary/aromatic N) is 2. The molecule has 0 spiro atoms.